The number of benzene rings is 1. The van der Waals surface area contributed by atoms with Crippen LogP contribution < -0.4 is 5.32 Å². The largest absolute Gasteiger partial charge is 0.478 e. The number of hydrogen-bond acceptors (Lipinski definition) is 3. The maximum absolute atomic E-state index is 11.2. The highest BCUT2D eigenvalue weighted by Crippen LogP contribution is 2.19. The van der Waals surface area contributed by atoms with Gasteiger partial charge in [0.2, 0.25) is 0 Å². The van der Waals surface area contributed by atoms with Crippen LogP contribution in [0.3, 0.4) is 0 Å². The Bertz CT molecular complexity index is 398. The van der Waals surface area contributed by atoms with E-state index in [0.717, 1.165) is 18.4 Å². The summed E-state index contributed by atoms with van der Waals surface area (Å²) in [6.07, 6.45) is 1.97. The summed E-state index contributed by atoms with van der Waals surface area (Å²) in [6.45, 7) is 4.55. The smallest absolute Gasteiger partial charge is 0.337 e. The number of carbonyl (C=O) groups is 1. The molecule has 1 aromatic rings. The molecular formula is C14H21NO3. The predicted octanol–water partition coefficient (Wildman–Crippen LogP) is 2.92. The van der Waals surface area contributed by atoms with E-state index in [2.05, 4.69) is 12.2 Å². The standard InChI is InChI=1S/C14H21NO3/c1-4-5-11(9-18-3)15-13-7-6-10(2)8-12(13)14(16)17/h6-8,11,15H,4-5,9H2,1-3H3,(H,16,17). The van der Waals surface area contributed by atoms with E-state index in [0.29, 0.717) is 17.9 Å². The first-order chi connectivity index (χ1) is 8.58. The van der Waals surface area contributed by atoms with Gasteiger partial charge in [-0.05, 0) is 25.5 Å². The summed E-state index contributed by atoms with van der Waals surface area (Å²) in [5, 5.41) is 12.4. The van der Waals surface area contributed by atoms with E-state index >= 15 is 0 Å². The monoisotopic (exact) mass is 251 g/mol. The molecule has 0 spiro atoms. The third-order valence-corrected chi connectivity index (χ3v) is 2.77. The first-order valence-corrected chi connectivity index (χ1v) is 6.17. The highest BCUT2D eigenvalue weighted by atomic mass is 16.5. The molecule has 1 atom stereocenters. The highest BCUT2D eigenvalue weighted by molar-refractivity contribution is 5.94. The number of carboxylic acid groups (broad SMARTS) is 1. The van der Waals surface area contributed by atoms with Crippen LogP contribution in [0.4, 0.5) is 5.69 Å². The molecule has 0 aliphatic carbocycles. The average molecular weight is 251 g/mol. The van der Waals surface area contributed by atoms with Crippen LogP contribution in [-0.2, 0) is 4.74 Å². The molecule has 2 N–H and O–H groups in total. The Morgan fingerprint density at radius 3 is 2.78 bits per heavy atom. The van der Waals surface area contributed by atoms with Gasteiger partial charge in [0, 0.05) is 18.8 Å². The quantitative estimate of drug-likeness (QED) is 0.782. The molecule has 1 aromatic carbocycles. The van der Waals surface area contributed by atoms with Gasteiger partial charge in [0.05, 0.1) is 12.2 Å². The van der Waals surface area contributed by atoms with E-state index < -0.39 is 5.97 Å². The molecule has 0 fully saturated rings. The molecular weight excluding hydrogens is 230 g/mol. The zero-order chi connectivity index (χ0) is 13.5. The van der Waals surface area contributed by atoms with Crippen molar-refractivity contribution in [3.63, 3.8) is 0 Å². The molecule has 0 heterocycles. The maximum atomic E-state index is 11.2. The number of carboxylic acids is 1. The fraction of sp³-hybridized carbons (Fsp3) is 0.500. The second-order valence-electron chi connectivity index (χ2n) is 4.44. The summed E-state index contributed by atoms with van der Waals surface area (Å²) in [7, 11) is 1.65. The summed E-state index contributed by atoms with van der Waals surface area (Å²) >= 11 is 0. The number of anilines is 1. The lowest BCUT2D eigenvalue weighted by atomic mass is 10.1. The van der Waals surface area contributed by atoms with Crippen LogP contribution in [-0.4, -0.2) is 30.8 Å². The molecule has 0 saturated carbocycles. The molecule has 0 amide bonds. The van der Waals surface area contributed by atoms with Gasteiger partial charge in [-0.2, -0.15) is 0 Å². The van der Waals surface area contributed by atoms with E-state index in [1.807, 2.05) is 19.1 Å². The summed E-state index contributed by atoms with van der Waals surface area (Å²) in [6, 6.07) is 5.54. The van der Waals surface area contributed by atoms with E-state index in [1.165, 1.54) is 0 Å². The van der Waals surface area contributed by atoms with Crippen LogP contribution in [0, 0.1) is 6.92 Å². The first kappa shape index (κ1) is 14.5. The Morgan fingerprint density at radius 2 is 2.22 bits per heavy atom. The van der Waals surface area contributed by atoms with Crippen molar-refractivity contribution >= 4 is 11.7 Å². The Hall–Kier alpha value is -1.55. The minimum atomic E-state index is -0.908. The van der Waals surface area contributed by atoms with Crippen molar-refractivity contribution < 1.29 is 14.6 Å². The molecule has 4 nitrogen and oxygen atoms in total. The second kappa shape index (κ2) is 7.01. The predicted molar refractivity (Wildman–Crippen MR) is 72.3 cm³/mol. The minimum absolute atomic E-state index is 0.140. The van der Waals surface area contributed by atoms with Gasteiger partial charge in [-0.3, -0.25) is 0 Å². The summed E-state index contributed by atoms with van der Waals surface area (Å²) in [4.78, 5) is 11.2. The normalized spacial score (nSPS) is 12.2. The van der Waals surface area contributed by atoms with Gasteiger partial charge in [-0.25, -0.2) is 4.79 Å². The fourth-order valence-corrected chi connectivity index (χ4v) is 1.93. The lowest BCUT2D eigenvalue weighted by Gasteiger charge is -2.20. The van der Waals surface area contributed by atoms with Crippen molar-refractivity contribution in [1.29, 1.82) is 0 Å². The van der Waals surface area contributed by atoms with Crippen molar-refractivity contribution in [2.24, 2.45) is 0 Å². The van der Waals surface area contributed by atoms with Crippen molar-refractivity contribution in [3.05, 3.63) is 29.3 Å². The van der Waals surface area contributed by atoms with E-state index in [4.69, 9.17) is 4.74 Å². The van der Waals surface area contributed by atoms with Crippen LogP contribution in [0.25, 0.3) is 0 Å². The van der Waals surface area contributed by atoms with Gasteiger partial charge in [0.1, 0.15) is 0 Å². The van der Waals surface area contributed by atoms with Crippen LogP contribution in [0.2, 0.25) is 0 Å². The van der Waals surface area contributed by atoms with Crippen molar-refractivity contribution in [3.8, 4) is 0 Å². The lowest BCUT2D eigenvalue weighted by Crippen LogP contribution is -2.25. The maximum Gasteiger partial charge on any atom is 0.337 e. The third kappa shape index (κ3) is 4.04. The van der Waals surface area contributed by atoms with Gasteiger partial charge in [0.15, 0.2) is 0 Å². The van der Waals surface area contributed by atoms with Crippen molar-refractivity contribution in [2.45, 2.75) is 32.7 Å². The van der Waals surface area contributed by atoms with Crippen LogP contribution in [0.5, 0.6) is 0 Å². The fourth-order valence-electron chi connectivity index (χ4n) is 1.93. The molecule has 0 saturated heterocycles. The molecule has 1 unspecified atom stereocenters. The lowest BCUT2D eigenvalue weighted by molar-refractivity contribution is 0.0697. The number of nitrogens with one attached hydrogen (secondary N) is 1. The summed E-state index contributed by atoms with van der Waals surface area (Å²) in [5.74, 6) is -0.908. The van der Waals surface area contributed by atoms with Gasteiger partial charge < -0.3 is 15.2 Å². The first-order valence-electron chi connectivity index (χ1n) is 6.17. The van der Waals surface area contributed by atoms with Crippen LogP contribution in [0.15, 0.2) is 18.2 Å². The summed E-state index contributed by atoms with van der Waals surface area (Å²) in [5.41, 5.74) is 1.91. The SMILES string of the molecule is CCCC(COC)Nc1ccc(C)cc1C(=O)O. The number of rotatable bonds is 7. The summed E-state index contributed by atoms with van der Waals surface area (Å²) < 4.78 is 5.14. The second-order valence-corrected chi connectivity index (χ2v) is 4.44. The highest BCUT2D eigenvalue weighted by Gasteiger charge is 2.14. The topological polar surface area (TPSA) is 58.6 Å². The number of hydrogen-bond donors (Lipinski definition) is 2. The third-order valence-electron chi connectivity index (χ3n) is 2.77. The van der Waals surface area contributed by atoms with Gasteiger partial charge in [0.25, 0.3) is 0 Å². The molecule has 0 radical (unpaired) electrons. The van der Waals surface area contributed by atoms with Crippen LogP contribution in [0.1, 0.15) is 35.7 Å². The van der Waals surface area contributed by atoms with Crippen LogP contribution >= 0.6 is 0 Å². The Kier molecular flexibility index (Phi) is 5.65. The number of ether oxygens (including phenoxy) is 1. The number of aryl methyl sites for hydroxylation is 1. The van der Waals surface area contributed by atoms with E-state index in [9.17, 15) is 9.90 Å². The molecule has 18 heavy (non-hydrogen) atoms. The zero-order valence-electron chi connectivity index (χ0n) is 11.2. The Labute approximate surface area is 108 Å². The molecule has 0 aromatic heterocycles. The Morgan fingerprint density at radius 1 is 1.50 bits per heavy atom. The molecule has 0 aliphatic rings. The van der Waals surface area contributed by atoms with Gasteiger partial charge in [-0.1, -0.05) is 25.0 Å². The number of methoxy groups -OCH3 is 1. The number of aromatic carboxylic acids is 1. The van der Waals surface area contributed by atoms with Gasteiger partial charge >= 0.3 is 5.97 Å². The average Bonchev–Trinajstić information content (AvgIpc) is 2.32. The minimum Gasteiger partial charge on any atom is -0.478 e. The van der Waals surface area contributed by atoms with Crippen molar-refractivity contribution in [2.75, 3.05) is 19.0 Å². The molecule has 1 rings (SSSR count). The van der Waals surface area contributed by atoms with Gasteiger partial charge in [-0.15, -0.1) is 0 Å². The molecule has 0 bridgehead atoms. The van der Waals surface area contributed by atoms with E-state index in [-0.39, 0.29) is 6.04 Å². The molecule has 0 aliphatic heterocycles. The zero-order valence-corrected chi connectivity index (χ0v) is 11.2. The Balaban J connectivity index is 2.90. The van der Waals surface area contributed by atoms with E-state index in [1.54, 1.807) is 13.2 Å². The molecule has 100 valence electrons. The molecule has 4 heteroatoms. The van der Waals surface area contributed by atoms with Crippen molar-refractivity contribution in [1.82, 2.24) is 0 Å².